The van der Waals surface area contributed by atoms with Gasteiger partial charge in [-0.05, 0) is 18.6 Å². The van der Waals surface area contributed by atoms with E-state index in [0.29, 0.717) is 28.9 Å². The molecule has 0 bridgehead atoms. The molecule has 0 aliphatic rings. The Hall–Kier alpha value is -0.440. The second-order valence-corrected chi connectivity index (χ2v) is 6.25. The number of hydrogen-bond donors (Lipinski definition) is 1. The van der Waals surface area contributed by atoms with Crippen molar-refractivity contribution >= 4 is 23.2 Å². The third-order valence-electron chi connectivity index (χ3n) is 3.55. The van der Waals surface area contributed by atoms with Gasteiger partial charge in [-0.15, -0.1) is 0 Å². The third-order valence-corrected chi connectivity index (χ3v) is 4.05. The number of ether oxygens (including phenoxy) is 1. The molecule has 1 aromatic carbocycles. The molecule has 0 saturated carbocycles. The highest BCUT2D eigenvalue weighted by molar-refractivity contribution is 6.35. The summed E-state index contributed by atoms with van der Waals surface area (Å²) in [7, 11) is 0. The van der Waals surface area contributed by atoms with Crippen LogP contribution in [0.3, 0.4) is 0 Å². The van der Waals surface area contributed by atoms with Gasteiger partial charge in [0.15, 0.2) is 0 Å². The van der Waals surface area contributed by atoms with Crippen molar-refractivity contribution in [2.45, 2.75) is 64.8 Å². The summed E-state index contributed by atoms with van der Waals surface area (Å²) in [6.45, 7) is 3.31. The van der Waals surface area contributed by atoms with Crippen molar-refractivity contribution in [3.05, 3.63) is 27.7 Å². The van der Waals surface area contributed by atoms with Crippen LogP contribution in [0.5, 0.6) is 5.75 Å². The summed E-state index contributed by atoms with van der Waals surface area (Å²) in [4.78, 5) is 0. The number of benzene rings is 1. The summed E-state index contributed by atoms with van der Waals surface area (Å²) in [6, 6.07) is 3.52. The van der Waals surface area contributed by atoms with E-state index in [4.69, 9.17) is 33.7 Å². The first kappa shape index (κ1) is 18.6. The Bertz CT molecular complexity index is 410. The maximum atomic E-state index is 6.16. The maximum absolute atomic E-state index is 6.16. The Balaban J connectivity index is 2.21. The van der Waals surface area contributed by atoms with E-state index in [-0.39, 0.29) is 0 Å². The number of halogens is 2. The van der Waals surface area contributed by atoms with Gasteiger partial charge in [0, 0.05) is 17.1 Å². The van der Waals surface area contributed by atoms with E-state index in [1.54, 1.807) is 6.07 Å². The van der Waals surface area contributed by atoms with Crippen molar-refractivity contribution in [3.63, 3.8) is 0 Å². The van der Waals surface area contributed by atoms with Crippen LogP contribution in [0, 0.1) is 0 Å². The van der Waals surface area contributed by atoms with Crippen LogP contribution in [-0.4, -0.2) is 6.61 Å². The van der Waals surface area contributed by atoms with Gasteiger partial charge in [0.1, 0.15) is 5.75 Å². The molecule has 0 heterocycles. The fourth-order valence-corrected chi connectivity index (χ4v) is 2.93. The smallest absolute Gasteiger partial charge is 0.142 e. The molecule has 0 radical (unpaired) electrons. The summed E-state index contributed by atoms with van der Waals surface area (Å²) in [6.07, 6.45) is 10.3. The fourth-order valence-electron chi connectivity index (χ4n) is 2.34. The van der Waals surface area contributed by atoms with Gasteiger partial charge in [0.2, 0.25) is 0 Å². The molecule has 2 nitrogen and oxygen atoms in total. The van der Waals surface area contributed by atoms with Crippen LogP contribution >= 0.6 is 23.2 Å². The fraction of sp³-hybridized carbons (Fsp3) is 0.647. The molecular formula is C17H27Cl2NO. The number of hydrogen-bond acceptors (Lipinski definition) is 2. The zero-order valence-corrected chi connectivity index (χ0v) is 14.5. The first-order valence-corrected chi connectivity index (χ1v) is 8.75. The quantitative estimate of drug-likeness (QED) is 0.507. The minimum absolute atomic E-state index is 0.382. The lowest BCUT2D eigenvalue weighted by Crippen LogP contribution is -2.04. The molecule has 0 aromatic heterocycles. The van der Waals surface area contributed by atoms with Crippen molar-refractivity contribution in [3.8, 4) is 5.75 Å². The summed E-state index contributed by atoms with van der Waals surface area (Å²) in [5, 5.41) is 1.14. The molecule has 0 fully saturated rings. The average molecular weight is 332 g/mol. The predicted octanol–water partition coefficient (Wildman–Crippen LogP) is 5.97. The summed E-state index contributed by atoms with van der Waals surface area (Å²) < 4.78 is 5.79. The Labute approximate surface area is 139 Å². The topological polar surface area (TPSA) is 35.2 Å². The molecule has 120 valence electrons. The van der Waals surface area contributed by atoms with Crippen LogP contribution in [0.1, 0.15) is 63.9 Å². The summed E-state index contributed by atoms with van der Waals surface area (Å²) in [5.74, 6) is 0.687. The normalized spacial score (nSPS) is 10.9. The Morgan fingerprint density at radius 2 is 1.57 bits per heavy atom. The first-order chi connectivity index (χ1) is 10.2. The molecule has 0 atom stereocenters. The van der Waals surface area contributed by atoms with Gasteiger partial charge in [-0.25, -0.2) is 0 Å². The molecular weight excluding hydrogens is 305 g/mol. The van der Waals surface area contributed by atoms with Gasteiger partial charge < -0.3 is 10.5 Å². The van der Waals surface area contributed by atoms with Crippen molar-refractivity contribution in [1.29, 1.82) is 0 Å². The molecule has 0 saturated heterocycles. The lowest BCUT2D eigenvalue weighted by Gasteiger charge is -2.12. The minimum atomic E-state index is 0.382. The lowest BCUT2D eigenvalue weighted by atomic mass is 10.1. The Kier molecular flexibility index (Phi) is 9.90. The molecule has 1 rings (SSSR count). The van der Waals surface area contributed by atoms with Crippen LogP contribution in [0.15, 0.2) is 12.1 Å². The van der Waals surface area contributed by atoms with Crippen LogP contribution in [0.4, 0.5) is 0 Å². The van der Waals surface area contributed by atoms with E-state index in [1.165, 1.54) is 44.9 Å². The maximum Gasteiger partial charge on any atom is 0.142 e. The van der Waals surface area contributed by atoms with Gasteiger partial charge in [-0.1, -0.05) is 75.1 Å². The van der Waals surface area contributed by atoms with Gasteiger partial charge in [-0.2, -0.15) is 0 Å². The van der Waals surface area contributed by atoms with E-state index < -0.39 is 0 Å². The Morgan fingerprint density at radius 1 is 0.952 bits per heavy atom. The summed E-state index contributed by atoms with van der Waals surface area (Å²) >= 11 is 12.1. The molecule has 0 aliphatic heterocycles. The van der Waals surface area contributed by atoms with Crippen molar-refractivity contribution < 1.29 is 4.74 Å². The minimum Gasteiger partial charge on any atom is -0.492 e. The first-order valence-electron chi connectivity index (χ1n) is 7.99. The lowest BCUT2D eigenvalue weighted by molar-refractivity contribution is 0.301. The van der Waals surface area contributed by atoms with Crippen LogP contribution in [0.25, 0.3) is 0 Å². The van der Waals surface area contributed by atoms with Gasteiger partial charge in [0.05, 0.1) is 11.6 Å². The molecule has 0 amide bonds. The summed E-state index contributed by atoms with van der Waals surface area (Å²) in [5.41, 5.74) is 6.57. The number of rotatable bonds is 11. The average Bonchev–Trinajstić information content (AvgIpc) is 2.46. The van der Waals surface area contributed by atoms with Crippen molar-refractivity contribution in [2.24, 2.45) is 5.73 Å². The van der Waals surface area contributed by atoms with Crippen LogP contribution in [0.2, 0.25) is 10.0 Å². The molecule has 0 aliphatic carbocycles. The molecule has 21 heavy (non-hydrogen) atoms. The highest BCUT2D eigenvalue weighted by Gasteiger charge is 2.09. The van der Waals surface area contributed by atoms with Gasteiger partial charge in [0.25, 0.3) is 0 Å². The standard InChI is InChI=1S/C17H27Cl2NO/c1-2-3-4-5-6-7-8-9-10-21-17-14(13-20)11-15(18)12-16(17)19/h11-12H,2-10,13,20H2,1H3. The second kappa shape index (κ2) is 11.2. The second-order valence-electron chi connectivity index (χ2n) is 5.40. The molecule has 2 N–H and O–H groups in total. The highest BCUT2D eigenvalue weighted by Crippen LogP contribution is 2.32. The highest BCUT2D eigenvalue weighted by atomic mass is 35.5. The molecule has 0 unspecified atom stereocenters. The number of unbranched alkanes of at least 4 members (excludes halogenated alkanes) is 7. The van der Waals surface area contributed by atoms with Crippen LogP contribution < -0.4 is 10.5 Å². The van der Waals surface area contributed by atoms with E-state index in [9.17, 15) is 0 Å². The predicted molar refractivity (Wildman–Crippen MR) is 92.5 cm³/mol. The zero-order valence-electron chi connectivity index (χ0n) is 13.0. The number of nitrogens with two attached hydrogens (primary N) is 1. The van der Waals surface area contributed by atoms with E-state index in [1.807, 2.05) is 6.07 Å². The van der Waals surface area contributed by atoms with Crippen LogP contribution in [-0.2, 0) is 6.54 Å². The largest absolute Gasteiger partial charge is 0.492 e. The molecule has 1 aromatic rings. The van der Waals surface area contributed by atoms with Crippen molar-refractivity contribution in [1.82, 2.24) is 0 Å². The van der Waals surface area contributed by atoms with Crippen molar-refractivity contribution in [2.75, 3.05) is 6.61 Å². The molecule has 0 spiro atoms. The van der Waals surface area contributed by atoms with Gasteiger partial charge >= 0.3 is 0 Å². The molecule has 4 heteroatoms. The Morgan fingerprint density at radius 3 is 2.19 bits per heavy atom. The van der Waals surface area contributed by atoms with E-state index >= 15 is 0 Å². The van der Waals surface area contributed by atoms with Gasteiger partial charge in [-0.3, -0.25) is 0 Å². The third kappa shape index (κ3) is 7.39. The monoisotopic (exact) mass is 331 g/mol. The van der Waals surface area contributed by atoms with E-state index in [0.717, 1.165) is 12.0 Å². The van der Waals surface area contributed by atoms with E-state index in [2.05, 4.69) is 6.92 Å². The SMILES string of the molecule is CCCCCCCCCCOc1c(Cl)cc(Cl)cc1CN. The zero-order chi connectivity index (χ0) is 15.5.